The summed E-state index contributed by atoms with van der Waals surface area (Å²) >= 11 is 1.54. The van der Waals surface area contributed by atoms with Crippen molar-refractivity contribution in [2.45, 2.75) is 36.2 Å². The monoisotopic (exact) mass is 314 g/mol. The van der Waals surface area contributed by atoms with Crippen molar-refractivity contribution in [2.75, 3.05) is 0 Å². The van der Waals surface area contributed by atoms with E-state index in [2.05, 4.69) is 25.7 Å². The minimum Gasteiger partial charge on any atom is -0.419 e. The first-order valence-electron chi connectivity index (χ1n) is 7.14. The summed E-state index contributed by atoms with van der Waals surface area (Å²) in [5, 5.41) is 20.9. The van der Waals surface area contributed by atoms with Crippen molar-refractivity contribution in [1.29, 1.82) is 0 Å². The van der Waals surface area contributed by atoms with Gasteiger partial charge in [-0.2, -0.15) is 0 Å². The maximum Gasteiger partial charge on any atom is 0.247 e. The lowest BCUT2D eigenvalue weighted by molar-refractivity contribution is 0.507. The number of tetrazole rings is 1. The minimum absolute atomic E-state index is 0.00605. The van der Waals surface area contributed by atoms with Crippen LogP contribution in [0, 0.1) is 0 Å². The highest BCUT2D eigenvalue weighted by molar-refractivity contribution is 7.99. The lowest BCUT2D eigenvalue weighted by atomic mass is 10.2. The number of thioether (sulfide) groups is 1. The van der Waals surface area contributed by atoms with E-state index in [0.29, 0.717) is 17.8 Å². The summed E-state index contributed by atoms with van der Waals surface area (Å²) in [6, 6.07) is 10.2. The number of rotatable bonds is 5. The Bertz CT molecular complexity index is 767. The average molecular weight is 314 g/mol. The summed E-state index contributed by atoms with van der Waals surface area (Å²) in [7, 11) is 0. The van der Waals surface area contributed by atoms with E-state index in [0.717, 1.165) is 23.6 Å². The Kier molecular flexibility index (Phi) is 3.38. The molecule has 1 fully saturated rings. The molecule has 1 atom stereocenters. The second-order valence-corrected chi connectivity index (χ2v) is 6.52. The van der Waals surface area contributed by atoms with Crippen LogP contribution >= 0.6 is 11.8 Å². The van der Waals surface area contributed by atoms with Crippen molar-refractivity contribution in [2.24, 2.45) is 0 Å². The Hall–Kier alpha value is -2.22. The maximum absolute atomic E-state index is 5.78. The first kappa shape index (κ1) is 13.4. The fourth-order valence-electron chi connectivity index (χ4n) is 2.12. The summed E-state index contributed by atoms with van der Waals surface area (Å²) in [5.74, 6) is 1.11. The van der Waals surface area contributed by atoms with Crippen LogP contribution in [0.5, 0.6) is 0 Å². The van der Waals surface area contributed by atoms with Crippen LogP contribution in [0.25, 0.3) is 11.5 Å². The molecule has 22 heavy (non-hydrogen) atoms. The van der Waals surface area contributed by atoms with E-state index >= 15 is 0 Å². The van der Waals surface area contributed by atoms with E-state index in [1.807, 2.05) is 41.9 Å². The Morgan fingerprint density at radius 1 is 1.18 bits per heavy atom. The van der Waals surface area contributed by atoms with E-state index in [-0.39, 0.29) is 5.25 Å². The van der Waals surface area contributed by atoms with Crippen LogP contribution in [0.2, 0.25) is 0 Å². The molecule has 1 aliphatic rings. The van der Waals surface area contributed by atoms with E-state index in [9.17, 15) is 0 Å². The molecule has 1 saturated carbocycles. The van der Waals surface area contributed by atoms with Crippen molar-refractivity contribution in [3.63, 3.8) is 0 Å². The Labute approximate surface area is 131 Å². The topological polar surface area (TPSA) is 82.5 Å². The largest absolute Gasteiger partial charge is 0.419 e. The van der Waals surface area contributed by atoms with Crippen molar-refractivity contribution in [3.8, 4) is 11.5 Å². The Balaban J connectivity index is 1.52. The highest BCUT2D eigenvalue weighted by atomic mass is 32.2. The average Bonchev–Trinajstić information content (AvgIpc) is 3.09. The second kappa shape index (κ2) is 5.53. The van der Waals surface area contributed by atoms with Crippen LogP contribution in [-0.4, -0.2) is 30.4 Å². The van der Waals surface area contributed by atoms with Crippen LogP contribution in [0.15, 0.2) is 39.9 Å². The molecule has 0 saturated heterocycles. The summed E-state index contributed by atoms with van der Waals surface area (Å²) in [4.78, 5) is 0. The molecule has 7 nitrogen and oxygen atoms in total. The number of nitrogens with zero attached hydrogens (tertiary/aromatic N) is 6. The molecule has 0 bridgehead atoms. The SMILES string of the molecule is CC(Sc1nnnn1C1CC1)c1nnc(-c2ccccc2)o1. The third-order valence-corrected chi connectivity index (χ3v) is 4.48. The summed E-state index contributed by atoms with van der Waals surface area (Å²) in [5.41, 5.74) is 0.918. The van der Waals surface area contributed by atoms with Crippen LogP contribution < -0.4 is 0 Å². The van der Waals surface area contributed by atoms with Gasteiger partial charge in [0.15, 0.2) is 0 Å². The summed E-state index contributed by atoms with van der Waals surface area (Å²) in [6.45, 7) is 2.01. The Morgan fingerprint density at radius 3 is 2.77 bits per heavy atom. The molecule has 1 aliphatic carbocycles. The molecule has 0 spiro atoms. The zero-order valence-corrected chi connectivity index (χ0v) is 12.8. The van der Waals surface area contributed by atoms with Gasteiger partial charge in [-0.05, 0) is 42.3 Å². The zero-order valence-electron chi connectivity index (χ0n) is 12.0. The van der Waals surface area contributed by atoms with Crippen molar-refractivity contribution in [3.05, 3.63) is 36.2 Å². The molecule has 2 heterocycles. The highest BCUT2D eigenvalue weighted by Gasteiger charge is 2.29. The van der Waals surface area contributed by atoms with Gasteiger partial charge in [-0.25, -0.2) is 4.68 Å². The quantitative estimate of drug-likeness (QED) is 0.669. The smallest absolute Gasteiger partial charge is 0.247 e. The number of benzene rings is 1. The molecule has 112 valence electrons. The molecule has 8 heteroatoms. The Morgan fingerprint density at radius 2 is 2.00 bits per heavy atom. The minimum atomic E-state index is -0.00605. The first-order chi connectivity index (χ1) is 10.8. The van der Waals surface area contributed by atoms with Crippen LogP contribution in [0.1, 0.15) is 36.9 Å². The number of aromatic nitrogens is 6. The molecule has 0 amide bonds. The number of hydrogen-bond acceptors (Lipinski definition) is 7. The lowest BCUT2D eigenvalue weighted by Crippen LogP contribution is -2.00. The number of hydrogen-bond donors (Lipinski definition) is 0. The van der Waals surface area contributed by atoms with Gasteiger partial charge in [0.25, 0.3) is 0 Å². The molecule has 1 aromatic carbocycles. The molecule has 3 aromatic rings. The van der Waals surface area contributed by atoms with Gasteiger partial charge in [-0.15, -0.1) is 15.3 Å². The van der Waals surface area contributed by atoms with Crippen molar-refractivity contribution < 1.29 is 4.42 Å². The lowest BCUT2D eigenvalue weighted by Gasteiger charge is -2.05. The van der Waals surface area contributed by atoms with Gasteiger partial charge in [0.1, 0.15) is 0 Å². The molecule has 2 aromatic heterocycles. The van der Waals surface area contributed by atoms with E-state index in [4.69, 9.17) is 4.42 Å². The maximum atomic E-state index is 5.78. The van der Waals surface area contributed by atoms with Crippen LogP contribution in [-0.2, 0) is 0 Å². The molecule has 1 unspecified atom stereocenters. The molecule has 4 rings (SSSR count). The van der Waals surface area contributed by atoms with Gasteiger partial charge in [0.2, 0.25) is 16.9 Å². The predicted molar refractivity (Wildman–Crippen MR) is 80.1 cm³/mol. The van der Waals surface area contributed by atoms with Crippen molar-refractivity contribution in [1.82, 2.24) is 30.4 Å². The molecule has 0 aliphatic heterocycles. The molecular weight excluding hydrogens is 300 g/mol. The third kappa shape index (κ3) is 2.61. The highest BCUT2D eigenvalue weighted by Crippen LogP contribution is 2.40. The van der Waals surface area contributed by atoms with Gasteiger partial charge < -0.3 is 4.42 Å². The fraction of sp³-hybridized carbons (Fsp3) is 0.357. The van der Waals surface area contributed by atoms with E-state index in [1.54, 1.807) is 0 Å². The van der Waals surface area contributed by atoms with Gasteiger partial charge in [0, 0.05) is 5.56 Å². The molecular formula is C14H14N6OS. The van der Waals surface area contributed by atoms with Gasteiger partial charge in [0.05, 0.1) is 11.3 Å². The van der Waals surface area contributed by atoms with E-state index in [1.165, 1.54) is 11.8 Å². The van der Waals surface area contributed by atoms with Gasteiger partial charge in [-0.1, -0.05) is 30.0 Å². The van der Waals surface area contributed by atoms with E-state index < -0.39 is 0 Å². The molecule has 0 radical (unpaired) electrons. The summed E-state index contributed by atoms with van der Waals surface area (Å²) in [6.07, 6.45) is 2.29. The van der Waals surface area contributed by atoms with Crippen LogP contribution in [0.4, 0.5) is 0 Å². The third-order valence-electron chi connectivity index (χ3n) is 3.45. The molecule has 0 N–H and O–H groups in total. The fourth-order valence-corrected chi connectivity index (χ4v) is 3.01. The standard InChI is InChI=1S/C14H14N6OS/c1-9(22-14-17-18-19-20(14)11-7-8-11)12-15-16-13(21-12)10-5-3-2-4-6-10/h2-6,9,11H,7-8H2,1H3. The van der Waals surface area contributed by atoms with Gasteiger partial charge >= 0.3 is 0 Å². The van der Waals surface area contributed by atoms with Gasteiger partial charge in [-0.3, -0.25) is 0 Å². The van der Waals surface area contributed by atoms with Crippen molar-refractivity contribution >= 4 is 11.8 Å². The first-order valence-corrected chi connectivity index (χ1v) is 8.02. The predicted octanol–water partition coefficient (Wildman–Crippen LogP) is 2.91. The second-order valence-electron chi connectivity index (χ2n) is 5.21. The van der Waals surface area contributed by atoms with Crippen LogP contribution in [0.3, 0.4) is 0 Å². The summed E-state index contributed by atoms with van der Waals surface area (Å²) < 4.78 is 7.66. The normalized spacial score (nSPS) is 15.9. The zero-order chi connectivity index (χ0) is 14.9.